The summed E-state index contributed by atoms with van der Waals surface area (Å²) >= 11 is 1.20. The van der Waals surface area contributed by atoms with E-state index in [9.17, 15) is 4.79 Å². The molecule has 0 bridgehead atoms. The second-order valence-corrected chi connectivity index (χ2v) is 4.88. The van der Waals surface area contributed by atoms with Gasteiger partial charge in [0.2, 0.25) is 0 Å². The minimum absolute atomic E-state index is 0.0257. The normalized spacial score (nSPS) is 10.2. The van der Waals surface area contributed by atoms with Gasteiger partial charge in [0.25, 0.3) is 0 Å². The highest BCUT2D eigenvalue weighted by atomic mass is 32.2. The number of hydrogen-bond acceptors (Lipinski definition) is 7. The molecule has 104 valence electrons. The number of carbonyl (C=O) groups is 1. The molecule has 0 spiro atoms. The van der Waals surface area contributed by atoms with Gasteiger partial charge in [-0.2, -0.15) is 0 Å². The molecule has 0 unspecified atom stereocenters. The Hall–Kier alpha value is -2.28. The topological polar surface area (TPSA) is 104 Å². The van der Waals surface area contributed by atoms with E-state index < -0.39 is 0 Å². The van der Waals surface area contributed by atoms with Gasteiger partial charge in [0.15, 0.2) is 10.9 Å². The van der Waals surface area contributed by atoms with E-state index in [1.807, 2.05) is 0 Å². The Balaban J connectivity index is 2.00. The molecule has 1 aromatic heterocycles. The van der Waals surface area contributed by atoms with Crippen LogP contribution < -0.4 is 16.2 Å². The van der Waals surface area contributed by atoms with Gasteiger partial charge in [-0.25, -0.2) is 9.97 Å². The molecular formula is C13H14N4O2S. The molecule has 0 amide bonds. The van der Waals surface area contributed by atoms with Crippen molar-refractivity contribution in [2.45, 2.75) is 5.16 Å². The minimum atomic E-state index is -0.0257. The van der Waals surface area contributed by atoms with Crippen LogP contribution in [0.5, 0.6) is 5.75 Å². The predicted molar refractivity (Wildman–Crippen MR) is 78.9 cm³/mol. The average Bonchev–Trinajstić information content (AvgIpc) is 2.44. The van der Waals surface area contributed by atoms with E-state index in [0.29, 0.717) is 16.5 Å². The maximum Gasteiger partial charge on any atom is 0.191 e. The lowest BCUT2D eigenvalue weighted by atomic mass is 10.1. The SMILES string of the molecule is COc1ccc(C(=O)CSc2nc(N)cc(N)n2)cc1. The Morgan fingerprint density at radius 1 is 1.20 bits per heavy atom. The van der Waals surface area contributed by atoms with Crippen LogP contribution in [0.3, 0.4) is 0 Å². The lowest BCUT2D eigenvalue weighted by molar-refractivity contribution is 0.102. The number of methoxy groups -OCH3 is 1. The summed E-state index contributed by atoms with van der Waals surface area (Å²) in [7, 11) is 1.58. The summed E-state index contributed by atoms with van der Waals surface area (Å²) in [6.45, 7) is 0. The highest BCUT2D eigenvalue weighted by molar-refractivity contribution is 7.99. The summed E-state index contributed by atoms with van der Waals surface area (Å²) < 4.78 is 5.04. The van der Waals surface area contributed by atoms with E-state index in [-0.39, 0.29) is 23.2 Å². The van der Waals surface area contributed by atoms with Crippen molar-refractivity contribution in [1.29, 1.82) is 0 Å². The molecule has 2 rings (SSSR count). The minimum Gasteiger partial charge on any atom is -0.497 e. The Bertz CT molecular complexity index is 596. The second-order valence-electron chi connectivity index (χ2n) is 3.94. The Morgan fingerprint density at radius 2 is 1.80 bits per heavy atom. The monoisotopic (exact) mass is 290 g/mol. The third-order valence-electron chi connectivity index (χ3n) is 2.49. The number of ether oxygens (including phenoxy) is 1. The summed E-state index contributed by atoms with van der Waals surface area (Å²) in [6, 6.07) is 8.39. The molecule has 4 N–H and O–H groups in total. The van der Waals surface area contributed by atoms with Crippen molar-refractivity contribution in [3.8, 4) is 5.75 Å². The van der Waals surface area contributed by atoms with E-state index >= 15 is 0 Å². The van der Waals surface area contributed by atoms with Gasteiger partial charge < -0.3 is 16.2 Å². The lowest BCUT2D eigenvalue weighted by Crippen LogP contribution is -2.04. The molecule has 0 fully saturated rings. The van der Waals surface area contributed by atoms with Crippen LogP contribution in [0.25, 0.3) is 0 Å². The zero-order chi connectivity index (χ0) is 14.5. The quantitative estimate of drug-likeness (QED) is 0.490. The number of nitrogens with zero attached hydrogens (tertiary/aromatic N) is 2. The van der Waals surface area contributed by atoms with Crippen molar-refractivity contribution in [1.82, 2.24) is 9.97 Å². The molecule has 0 saturated carbocycles. The maximum atomic E-state index is 12.0. The third kappa shape index (κ3) is 3.61. The first-order valence-corrected chi connectivity index (χ1v) is 6.77. The molecule has 1 heterocycles. The maximum absolute atomic E-state index is 12.0. The Kier molecular flexibility index (Phi) is 4.41. The fraction of sp³-hybridized carbons (Fsp3) is 0.154. The van der Waals surface area contributed by atoms with Gasteiger partial charge in [-0.05, 0) is 24.3 Å². The standard InChI is InChI=1S/C13H14N4O2S/c1-19-9-4-2-8(3-5-9)10(18)7-20-13-16-11(14)6-12(15)17-13/h2-6H,7H2,1H3,(H4,14,15,16,17). The number of nitrogens with two attached hydrogens (primary N) is 2. The van der Waals surface area contributed by atoms with Crippen molar-refractivity contribution >= 4 is 29.2 Å². The van der Waals surface area contributed by atoms with Crippen LogP contribution in [0.15, 0.2) is 35.5 Å². The summed E-state index contributed by atoms with van der Waals surface area (Å²) in [5.41, 5.74) is 11.7. The zero-order valence-electron chi connectivity index (χ0n) is 10.9. The summed E-state index contributed by atoms with van der Waals surface area (Å²) in [4.78, 5) is 20.0. The molecular weight excluding hydrogens is 276 g/mol. The number of hydrogen-bond donors (Lipinski definition) is 2. The van der Waals surface area contributed by atoms with Gasteiger partial charge in [0.05, 0.1) is 12.9 Å². The predicted octanol–water partition coefficient (Wildman–Crippen LogP) is 1.62. The molecule has 0 aliphatic carbocycles. The smallest absolute Gasteiger partial charge is 0.191 e. The van der Waals surface area contributed by atoms with Gasteiger partial charge in [-0.15, -0.1) is 0 Å². The number of thioether (sulfide) groups is 1. The molecule has 0 aliphatic rings. The highest BCUT2D eigenvalue weighted by Gasteiger charge is 2.09. The zero-order valence-corrected chi connectivity index (χ0v) is 11.7. The Morgan fingerprint density at radius 3 is 2.35 bits per heavy atom. The van der Waals surface area contributed by atoms with Gasteiger partial charge in [-0.1, -0.05) is 11.8 Å². The number of carbonyl (C=O) groups excluding carboxylic acids is 1. The number of rotatable bonds is 5. The highest BCUT2D eigenvalue weighted by Crippen LogP contribution is 2.19. The molecule has 6 nitrogen and oxygen atoms in total. The van der Waals surface area contributed by atoms with Crippen molar-refractivity contribution in [2.75, 3.05) is 24.3 Å². The number of Topliss-reactive ketones (excluding diaryl/α,β-unsaturated/α-hetero) is 1. The number of nitrogen functional groups attached to an aromatic ring is 2. The van der Waals surface area contributed by atoms with Crippen LogP contribution in [0, 0.1) is 0 Å². The molecule has 7 heteroatoms. The lowest BCUT2D eigenvalue weighted by Gasteiger charge is -2.04. The second kappa shape index (κ2) is 6.25. The Labute approximate surface area is 120 Å². The van der Waals surface area contributed by atoms with Gasteiger partial charge in [0.1, 0.15) is 17.4 Å². The summed E-state index contributed by atoms with van der Waals surface area (Å²) in [5.74, 6) is 1.48. The van der Waals surface area contributed by atoms with Crippen molar-refractivity contribution < 1.29 is 9.53 Å². The first-order chi connectivity index (χ1) is 9.58. The van der Waals surface area contributed by atoms with Gasteiger partial charge in [-0.3, -0.25) is 4.79 Å². The van der Waals surface area contributed by atoms with Crippen LogP contribution in [0.4, 0.5) is 11.6 Å². The molecule has 0 atom stereocenters. The van der Waals surface area contributed by atoms with Crippen molar-refractivity contribution in [3.63, 3.8) is 0 Å². The molecule has 20 heavy (non-hydrogen) atoms. The fourth-order valence-electron chi connectivity index (χ4n) is 1.52. The van der Waals surface area contributed by atoms with Crippen molar-refractivity contribution in [3.05, 3.63) is 35.9 Å². The number of aromatic nitrogens is 2. The third-order valence-corrected chi connectivity index (χ3v) is 3.34. The number of anilines is 2. The van der Waals surface area contributed by atoms with Crippen LogP contribution in [-0.2, 0) is 0 Å². The van der Waals surface area contributed by atoms with E-state index in [1.54, 1.807) is 31.4 Å². The van der Waals surface area contributed by atoms with Crippen molar-refractivity contribution in [2.24, 2.45) is 0 Å². The average molecular weight is 290 g/mol. The van der Waals surface area contributed by atoms with Crippen LogP contribution in [-0.4, -0.2) is 28.6 Å². The van der Waals surface area contributed by atoms with E-state index in [1.165, 1.54) is 17.8 Å². The first kappa shape index (κ1) is 14.1. The molecule has 0 aliphatic heterocycles. The molecule has 2 aromatic rings. The fourth-order valence-corrected chi connectivity index (χ4v) is 2.28. The van der Waals surface area contributed by atoms with Gasteiger partial charge in [0, 0.05) is 11.6 Å². The first-order valence-electron chi connectivity index (χ1n) is 5.78. The summed E-state index contributed by atoms with van der Waals surface area (Å²) in [5, 5.41) is 0.393. The van der Waals surface area contributed by atoms with E-state index in [0.717, 1.165) is 0 Å². The molecule has 0 radical (unpaired) electrons. The van der Waals surface area contributed by atoms with Crippen LogP contribution in [0.1, 0.15) is 10.4 Å². The van der Waals surface area contributed by atoms with Crippen LogP contribution >= 0.6 is 11.8 Å². The summed E-state index contributed by atoms with van der Waals surface area (Å²) in [6.07, 6.45) is 0. The van der Waals surface area contributed by atoms with E-state index in [2.05, 4.69) is 9.97 Å². The van der Waals surface area contributed by atoms with Crippen LogP contribution in [0.2, 0.25) is 0 Å². The molecule has 1 aromatic carbocycles. The van der Waals surface area contributed by atoms with Gasteiger partial charge >= 0.3 is 0 Å². The largest absolute Gasteiger partial charge is 0.497 e. The van der Waals surface area contributed by atoms with E-state index in [4.69, 9.17) is 16.2 Å². The number of benzene rings is 1. The number of ketones is 1. The molecule has 0 saturated heterocycles.